The minimum atomic E-state index is -1.77. The highest BCUT2D eigenvalue weighted by atomic mass is 127. The molecule has 0 saturated carbocycles. The van der Waals surface area contributed by atoms with Crippen molar-refractivity contribution in [3.8, 4) is 5.75 Å². The van der Waals surface area contributed by atoms with E-state index in [1.807, 2.05) is 6.07 Å². The Balaban J connectivity index is 0.00000353. The summed E-state index contributed by atoms with van der Waals surface area (Å²) in [5.41, 5.74) is 2.37. The van der Waals surface area contributed by atoms with Crippen LogP contribution in [0.5, 0.6) is 5.75 Å². The van der Waals surface area contributed by atoms with E-state index in [4.69, 9.17) is 4.74 Å². The average molecular weight is 641 g/mol. The molecular formula is C36H34IOP. The zero-order chi connectivity index (χ0) is 25.9. The molecule has 0 radical (unpaired) electrons. The second-order valence-electron chi connectivity index (χ2n) is 9.41. The summed E-state index contributed by atoms with van der Waals surface area (Å²) in [5.74, 6) is 0.928. The van der Waals surface area contributed by atoms with E-state index in [2.05, 4.69) is 152 Å². The first-order valence-electron chi connectivity index (χ1n) is 13.4. The molecule has 0 aliphatic rings. The Hall–Kier alpha value is -3.20. The number of unbranched alkanes of at least 4 members (excludes halogenated alkanes) is 1. The minimum absolute atomic E-state index is 0. The maximum atomic E-state index is 6.14. The molecule has 5 aromatic carbocycles. The van der Waals surface area contributed by atoms with E-state index in [-0.39, 0.29) is 24.0 Å². The third kappa shape index (κ3) is 7.47. The first-order valence-corrected chi connectivity index (χ1v) is 15.3. The van der Waals surface area contributed by atoms with Gasteiger partial charge in [0.1, 0.15) is 28.9 Å². The maximum absolute atomic E-state index is 6.14. The molecule has 0 spiro atoms. The van der Waals surface area contributed by atoms with E-state index in [9.17, 15) is 0 Å². The lowest BCUT2D eigenvalue weighted by atomic mass is 10.1. The smallest absolute Gasteiger partial charge is 0.119 e. The summed E-state index contributed by atoms with van der Waals surface area (Å²) in [6.45, 7) is 0.720. The molecule has 0 fully saturated rings. The van der Waals surface area contributed by atoms with Crippen molar-refractivity contribution in [2.45, 2.75) is 12.8 Å². The SMILES string of the molecule is C(=C\c1ccc(OCCCC[P+](c2ccccc2)(c2ccccc2)c2ccccc2)cc1)/c1ccccc1.[I-]. The molecule has 196 valence electrons. The van der Waals surface area contributed by atoms with Gasteiger partial charge in [-0.2, -0.15) is 0 Å². The summed E-state index contributed by atoms with van der Waals surface area (Å²) in [5, 5.41) is 4.33. The Bertz CT molecular complexity index is 1310. The molecule has 5 rings (SSSR count). The highest BCUT2D eigenvalue weighted by Crippen LogP contribution is 2.55. The quantitative estimate of drug-likeness (QED) is 0.0854. The lowest BCUT2D eigenvalue weighted by molar-refractivity contribution is -0.00000778. The van der Waals surface area contributed by atoms with Crippen molar-refractivity contribution in [1.29, 1.82) is 0 Å². The molecule has 0 saturated heterocycles. The molecule has 0 unspecified atom stereocenters. The number of ether oxygens (including phenoxy) is 1. The molecule has 0 aromatic heterocycles. The van der Waals surface area contributed by atoms with Gasteiger partial charge < -0.3 is 28.7 Å². The van der Waals surface area contributed by atoms with Crippen LogP contribution >= 0.6 is 7.26 Å². The third-order valence-electron chi connectivity index (χ3n) is 6.90. The predicted molar refractivity (Wildman–Crippen MR) is 167 cm³/mol. The van der Waals surface area contributed by atoms with E-state index in [0.29, 0.717) is 0 Å². The molecule has 39 heavy (non-hydrogen) atoms. The maximum Gasteiger partial charge on any atom is 0.119 e. The van der Waals surface area contributed by atoms with Gasteiger partial charge in [-0.05, 0) is 72.5 Å². The number of hydrogen-bond donors (Lipinski definition) is 0. The van der Waals surface area contributed by atoms with Crippen LogP contribution in [0.2, 0.25) is 0 Å². The summed E-state index contributed by atoms with van der Waals surface area (Å²) in [4.78, 5) is 0. The van der Waals surface area contributed by atoms with Crippen LogP contribution < -0.4 is 44.6 Å². The van der Waals surface area contributed by atoms with Gasteiger partial charge in [-0.15, -0.1) is 0 Å². The molecular weight excluding hydrogens is 606 g/mol. The fourth-order valence-corrected chi connectivity index (χ4v) is 9.37. The molecule has 0 aliphatic heterocycles. The van der Waals surface area contributed by atoms with E-state index in [0.717, 1.165) is 31.4 Å². The van der Waals surface area contributed by atoms with Crippen molar-refractivity contribution >= 4 is 35.3 Å². The Kier molecular flexibility index (Phi) is 10.9. The molecule has 0 atom stereocenters. The highest BCUT2D eigenvalue weighted by molar-refractivity contribution is 7.95. The molecule has 3 heteroatoms. The largest absolute Gasteiger partial charge is 1.00 e. The summed E-state index contributed by atoms with van der Waals surface area (Å²) in [6, 6.07) is 52.1. The fourth-order valence-electron chi connectivity index (χ4n) is 4.95. The van der Waals surface area contributed by atoms with Crippen LogP contribution in [0.15, 0.2) is 146 Å². The van der Waals surface area contributed by atoms with Gasteiger partial charge in [0.25, 0.3) is 0 Å². The second kappa shape index (κ2) is 14.8. The fraction of sp³-hybridized carbons (Fsp3) is 0.111. The van der Waals surface area contributed by atoms with Crippen molar-refractivity contribution < 1.29 is 28.7 Å². The number of halogens is 1. The van der Waals surface area contributed by atoms with Crippen LogP contribution in [-0.2, 0) is 0 Å². The summed E-state index contributed by atoms with van der Waals surface area (Å²) in [6.07, 6.45) is 7.52. The van der Waals surface area contributed by atoms with E-state index < -0.39 is 7.26 Å². The number of hydrogen-bond acceptors (Lipinski definition) is 1. The lowest BCUT2D eigenvalue weighted by Crippen LogP contribution is -3.00. The van der Waals surface area contributed by atoms with Gasteiger partial charge in [0.15, 0.2) is 0 Å². The summed E-state index contributed by atoms with van der Waals surface area (Å²) >= 11 is 0. The van der Waals surface area contributed by atoms with Gasteiger partial charge in [0, 0.05) is 0 Å². The van der Waals surface area contributed by atoms with E-state index in [1.54, 1.807) is 0 Å². The first-order chi connectivity index (χ1) is 18.8. The minimum Gasteiger partial charge on any atom is -1.00 e. The monoisotopic (exact) mass is 640 g/mol. The summed E-state index contributed by atoms with van der Waals surface area (Å²) < 4.78 is 6.14. The van der Waals surface area contributed by atoms with Crippen molar-refractivity contribution in [2.24, 2.45) is 0 Å². The zero-order valence-corrected chi connectivity index (χ0v) is 25.1. The van der Waals surface area contributed by atoms with E-state index >= 15 is 0 Å². The Morgan fingerprint density at radius 1 is 0.462 bits per heavy atom. The van der Waals surface area contributed by atoms with Gasteiger partial charge in [0.2, 0.25) is 0 Å². The van der Waals surface area contributed by atoms with Crippen molar-refractivity contribution in [3.63, 3.8) is 0 Å². The first kappa shape index (κ1) is 28.8. The molecule has 0 N–H and O–H groups in total. The molecule has 1 nitrogen and oxygen atoms in total. The van der Waals surface area contributed by atoms with Crippen LogP contribution in [0.3, 0.4) is 0 Å². The zero-order valence-electron chi connectivity index (χ0n) is 22.1. The van der Waals surface area contributed by atoms with Gasteiger partial charge >= 0.3 is 0 Å². The van der Waals surface area contributed by atoms with Gasteiger partial charge in [-0.3, -0.25) is 0 Å². The van der Waals surface area contributed by atoms with Crippen LogP contribution in [0.4, 0.5) is 0 Å². The molecule has 0 bridgehead atoms. The van der Waals surface area contributed by atoms with Crippen LogP contribution in [0, 0.1) is 0 Å². The molecule has 0 heterocycles. The Labute approximate surface area is 251 Å². The average Bonchev–Trinajstić information content (AvgIpc) is 3.00. The van der Waals surface area contributed by atoms with Crippen molar-refractivity contribution in [3.05, 3.63) is 157 Å². The van der Waals surface area contributed by atoms with Crippen LogP contribution in [0.25, 0.3) is 12.2 Å². The highest BCUT2D eigenvalue weighted by Gasteiger charge is 2.44. The topological polar surface area (TPSA) is 9.23 Å². The van der Waals surface area contributed by atoms with Crippen molar-refractivity contribution in [1.82, 2.24) is 0 Å². The van der Waals surface area contributed by atoms with Crippen LogP contribution in [0.1, 0.15) is 24.0 Å². The summed E-state index contributed by atoms with van der Waals surface area (Å²) in [7, 11) is -1.77. The normalized spacial score (nSPS) is 11.2. The Morgan fingerprint density at radius 2 is 0.872 bits per heavy atom. The van der Waals surface area contributed by atoms with Gasteiger partial charge in [-0.25, -0.2) is 0 Å². The van der Waals surface area contributed by atoms with Crippen molar-refractivity contribution in [2.75, 3.05) is 12.8 Å². The van der Waals surface area contributed by atoms with Gasteiger partial charge in [-0.1, -0.05) is 109 Å². The standard InChI is InChI=1S/C36H34OP.HI/c1-5-15-31(16-6-1)23-24-32-25-27-33(28-26-32)37-29-13-14-30-38(34-17-7-2-8-18-34,35-19-9-3-10-20-35)36-21-11-4-12-22-36;/h1-12,15-28H,13-14,29-30H2;1H/q+1;/p-1/b24-23+;. The molecule has 0 amide bonds. The van der Waals surface area contributed by atoms with E-state index in [1.165, 1.54) is 27.0 Å². The lowest BCUT2D eigenvalue weighted by Gasteiger charge is -2.27. The molecule has 0 aliphatic carbocycles. The number of benzene rings is 5. The Morgan fingerprint density at radius 3 is 1.33 bits per heavy atom. The number of rotatable bonds is 11. The van der Waals surface area contributed by atoms with Crippen LogP contribution in [-0.4, -0.2) is 12.8 Å². The second-order valence-corrected chi connectivity index (χ2v) is 13.0. The predicted octanol–water partition coefficient (Wildman–Crippen LogP) is 5.01. The molecule has 5 aromatic rings. The third-order valence-corrected chi connectivity index (χ3v) is 11.4. The van der Waals surface area contributed by atoms with Gasteiger partial charge in [0.05, 0.1) is 12.8 Å².